The maximum atomic E-state index is 13.8. The van der Waals surface area contributed by atoms with Crippen LogP contribution in [0.15, 0.2) is 24.3 Å². The highest BCUT2D eigenvalue weighted by molar-refractivity contribution is 5.95. The first-order valence-electron chi connectivity index (χ1n) is 10.5. The number of aromatic nitrogens is 1. The van der Waals surface area contributed by atoms with Gasteiger partial charge in [0.1, 0.15) is 23.6 Å². The van der Waals surface area contributed by atoms with Crippen molar-refractivity contribution in [2.24, 2.45) is 5.73 Å². The molecule has 1 saturated carbocycles. The normalized spacial score (nSPS) is 20.0. The number of rotatable bonds is 5. The molecule has 32 heavy (non-hydrogen) atoms. The van der Waals surface area contributed by atoms with Crippen LogP contribution in [0.25, 0.3) is 0 Å². The number of carbonyl (C=O) groups excluding carboxylic acids is 2. The van der Waals surface area contributed by atoms with Crippen molar-refractivity contribution < 1.29 is 23.5 Å². The van der Waals surface area contributed by atoms with Gasteiger partial charge in [0.15, 0.2) is 0 Å². The fourth-order valence-electron chi connectivity index (χ4n) is 4.03. The smallest absolute Gasteiger partial charge is 0.254 e. The second-order valence-electron chi connectivity index (χ2n) is 7.99. The number of fused-ring (bicyclic) bond motifs is 1. The zero-order valence-electron chi connectivity index (χ0n) is 17.4. The lowest BCUT2D eigenvalue weighted by Crippen LogP contribution is -2.40. The Morgan fingerprint density at radius 3 is 2.72 bits per heavy atom. The second-order valence-corrected chi connectivity index (χ2v) is 7.99. The molecule has 1 aliphatic heterocycles. The number of hydrogen-bond donors (Lipinski definition) is 2. The maximum Gasteiger partial charge on any atom is 0.254 e. The predicted octanol–water partition coefficient (Wildman–Crippen LogP) is 2.38. The summed E-state index contributed by atoms with van der Waals surface area (Å²) in [5, 5.41) is 11.7. The van der Waals surface area contributed by atoms with Gasteiger partial charge in [-0.3, -0.25) is 9.59 Å². The lowest BCUT2D eigenvalue weighted by atomic mass is 9.92. The van der Waals surface area contributed by atoms with E-state index in [9.17, 15) is 14.0 Å². The zero-order valence-corrected chi connectivity index (χ0v) is 17.4. The van der Waals surface area contributed by atoms with Gasteiger partial charge in [-0.15, -0.1) is 0 Å². The molecule has 166 valence electrons. The van der Waals surface area contributed by atoms with Crippen LogP contribution in [0.2, 0.25) is 0 Å². The highest BCUT2D eigenvalue weighted by atomic mass is 19.1. The van der Waals surface area contributed by atoms with Crippen LogP contribution >= 0.6 is 0 Å². The van der Waals surface area contributed by atoms with E-state index in [1.54, 1.807) is 12.1 Å². The lowest BCUT2D eigenvalue weighted by molar-refractivity contribution is 0.0875. The molecule has 1 aromatic heterocycles. The number of pyridine rings is 1. The van der Waals surface area contributed by atoms with Gasteiger partial charge < -0.3 is 20.5 Å². The molecular formula is C23H23FN4O4. The molecule has 8 nitrogen and oxygen atoms in total. The molecular weight excluding hydrogens is 415 g/mol. The van der Waals surface area contributed by atoms with Crippen molar-refractivity contribution in [2.75, 3.05) is 6.61 Å². The minimum atomic E-state index is -0.716. The van der Waals surface area contributed by atoms with Crippen LogP contribution in [-0.4, -0.2) is 35.6 Å². The quantitative estimate of drug-likeness (QED) is 0.738. The Balaban J connectivity index is 1.36. The van der Waals surface area contributed by atoms with Crippen molar-refractivity contribution >= 4 is 11.8 Å². The average molecular weight is 438 g/mol. The largest absolute Gasteiger partial charge is 0.474 e. The van der Waals surface area contributed by atoms with Crippen LogP contribution in [0.1, 0.15) is 63.2 Å². The maximum absolute atomic E-state index is 13.8. The Hall–Kier alpha value is -3.51. The van der Waals surface area contributed by atoms with Crippen molar-refractivity contribution in [3.63, 3.8) is 0 Å². The van der Waals surface area contributed by atoms with E-state index in [4.69, 9.17) is 20.5 Å². The van der Waals surface area contributed by atoms with Crippen LogP contribution in [0, 0.1) is 17.1 Å². The summed E-state index contributed by atoms with van der Waals surface area (Å²) in [4.78, 5) is 28.8. The number of ether oxygens (including phenoxy) is 2. The Kier molecular flexibility index (Phi) is 6.32. The molecule has 9 heteroatoms. The number of nitrogens with two attached hydrogens (primary N) is 1. The molecule has 0 atom stereocenters. The molecule has 0 bridgehead atoms. The molecule has 0 unspecified atom stereocenters. The van der Waals surface area contributed by atoms with Gasteiger partial charge in [-0.05, 0) is 49.9 Å². The Bertz CT molecular complexity index is 1090. The van der Waals surface area contributed by atoms with E-state index in [0.717, 1.165) is 17.3 Å². The van der Waals surface area contributed by atoms with Crippen molar-refractivity contribution in [1.82, 2.24) is 10.3 Å². The molecule has 0 radical (unpaired) electrons. The van der Waals surface area contributed by atoms with Gasteiger partial charge in [0.05, 0.1) is 24.5 Å². The fourth-order valence-corrected chi connectivity index (χ4v) is 4.03. The third kappa shape index (κ3) is 4.70. The van der Waals surface area contributed by atoms with E-state index in [1.165, 1.54) is 12.1 Å². The number of primary amides is 1. The highest BCUT2D eigenvalue weighted by Crippen LogP contribution is 2.28. The summed E-state index contributed by atoms with van der Waals surface area (Å²) in [6, 6.07) is 7.15. The number of halogens is 1. The molecule has 0 saturated heterocycles. The van der Waals surface area contributed by atoms with E-state index in [1.807, 2.05) is 0 Å². The van der Waals surface area contributed by atoms with E-state index in [0.29, 0.717) is 45.3 Å². The van der Waals surface area contributed by atoms with Gasteiger partial charge in [-0.1, -0.05) is 0 Å². The van der Waals surface area contributed by atoms with E-state index >= 15 is 0 Å². The molecule has 2 heterocycles. The van der Waals surface area contributed by atoms with Gasteiger partial charge in [0.25, 0.3) is 11.8 Å². The molecule has 4 rings (SSSR count). The number of nitrogens with zero attached hydrogens (tertiary/aromatic N) is 2. The van der Waals surface area contributed by atoms with Crippen molar-refractivity contribution in [3.05, 3.63) is 58.0 Å². The summed E-state index contributed by atoms with van der Waals surface area (Å²) in [7, 11) is 0. The number of carbonyl (C=O) groups is 2. The minimum absolute atomic E-state index is 0.0784. The summed E-state index contributed by atoms with van der Waals surface area (Å²) in [5.41, 5.74) is 7.54. The fraction of sp³-hybridized carbons (Fsp3) is 0.391. The Labute approximate surface area is 184 Å². The minimum Gasteiger partial charge on any atom is -0.474 e. The second kappa shape index (κ2) is 9.32. The number of hydrogen-bond acceptors (Lipinski definition) is 6. The zero-order chi connectivity index (χ0) is 22.7. The summed E-state index contributed by atoms with van der Waals surface area (Å²) in [6.07, 6.45) is 3.15. The van der Waals surface area contributed by atoms with Crippen molar-refractivity contribution in [2.45, 2.75) is 50.9 Å². The van der Waals surface area contributed by atoms with Crippen LogP contribution < -0.4 is 15.8 Å². The SMILES string of the molecule is N#Cc1ccc(C(=O)NC2CCC(Oc3nc4c(cc3C(N)=O)COCC4)CC2)cc1F. The van der Waals surface area contributed by atoms with Crippen LogP contribution in [0.3, 0.4) is 0 Å². The lowest BCUT2D eigenvalue weighted by Gasteiger charge is -2.30. The van der Waals surface area contributed by atoms with Gasteiger partial charge in [0.2, 0.25) is 5.88 Å². The summed E-state index contributed by atoms with van der Waals surface area (Å²) >= 11 is 0. The first-order chi connectivity index (χ1) is 15.4. The predicted molar refractivity (Wildman–Crippen MR) is 111 cm³/mol. The number of nitrogens with one attached hydrogen (secondary N) is 1. The van der Waals surface area contributed by atoms with Gasteiger partial charge in [0, 0.05) is 23.6 Å². The van der Waals surface area contributed by atoms with Gasteiger partial charge in [-0.25, -0.2) is 9.37 Å². The van der Waals surface area contributed by atoms with Gasteiger partial charge in [-0.2, -0.15) is 5.26 Å². The van der Waals surface area contributed by atoms with Crippen LogP contribution in [0.4, 0.5) is 4.39 Å². The molecule has 2 amide bonds. The van der Waals surface area contributed by atoms with E-state index in [-0.39, 0.29) is 40.6 Å². The van der Waals surface area contributed by atoms with Crippen LogP contribution in [0.5, 0.6) is 5.88 Å². The molecule has 2 aliphatic rings. The molecule has 1 aliphatic carbocycles. The topological polar surface area (TPSA) is 127 Å². The molecule has 1 aromatic carbocycles. The molecule has 0 spiro atoms. The molecule has 1 fully saturated rings. The highest BCUT2D eigenvalue weighted by Gasteiger charge is 2.27. The number of amides is 2. The first kappa shape index (κ1) is 21.7. The Morgan fingerprint density at radius 1 is 1.25 bits per heavy atom. The molecule has 2 aromatic rings. The first-order valence-corrected chi connectivity index (χ1v) is 10.5. The average Bonchev–Trinajstić information content (AvgIpc) is 2.79. The molecule has 3 N–H and O–H groups in total. The summed E-state index contributed by atoms with van der Waals surface area (Å²) < 4.78 is 25.2. The van der Waals surface area contributed by atoms with Crippen molar-refractivity contribution in [1.29, 1.82) is 5.26 Å². The summed E-state index contributed by atoms with van der Waals surface area (Å²) in [5.74, 6) is -1.45. The van der Waals surface area contributed by atoms with E-state index in [2.05, 4.69) is 10.3 Å². The van der Waals surface area contributed by atoms with Gasteiger partial charge >= 0.3 is 0 Å². The third-order valence-corrected chi connectivity index (χ3v) is 5.80. The van der Waals surface area contributed by atoms with Crippen LogP contribution in [-0.2, 0) is 17.8 Å². The Morgan fingerprint density at radius 2 is 2.03 bits per heavy atom. The number of benzene rings is 1. The third-order valence-electron chi connectivity index (χ3n) is 5.80. The standard InChI is InChI=1S/C23H23FN4O4/c24-19-10-13(1-2-14(19)11-25)22(30)27-16-3-5-17(6-4-16)32-23-18(21(26)29)9-15-12-31-8-7-20(15)28-23/h1-2,9-10,16-17H,3-8,12H2,(H2,26,29)(H,27,30). The summed E-state index contributed by atoms with van der Waals surface area (Å²) in [6.45, 7) is 0.972. The monoisotopic (exact) mass is 438 g/mol. The number of nitriles is 1. The van der Waals surface area contributed by atoms with Crippen molar-refractivity contribution in [3.8, 4) is 11.9 Å². The van der Waals surface area contributed by atoms with E-state index < -0.39 is 11.7 Å².